The zero-order chi connectivity index (χ0) is 4.28. The average Bonchev–Trinajstić information content (AvgIpc) is 1.38. The van der Waals surface area contributed by atoms with Gasteiger partial charge in [-0.2, -0.15) is 0 Å². The van der Waals surface area contributed by atoms with Gasteiger partial charge in [0.15, 0.2) is 0 Å². The van der Waals surface area contributed by atoms with Crippen LogP contribution in [0.25, 0.3) is 0 Å². The van der Waals surface area contributed by atoms with E-state index in [1.54, 1.807) is 0 Å². The molecule has 0 heterocycles. The maximum atomic E-state index is 9.53. The monoisotopic (exact) mass is 199 g/mol. The van der Waals surface area contributed by atoms with Gasteiger partial charge < -0.3 is 6.15 Å². The Kier molecular flexibility index (Phi) is 7.87. The van der Waals surface area contributed by atoms with Crippen LogP contribution >= 0.6 is 0 Å². The molecule has 4 nitrogen and oxygen atoms in total. The van der Waals surface area contributed by atoms with E-state index in [1.165, 1.54) is 0 Å². The van der Waals surface area contributed by atoms with E-state index in [4.69, 9.17) is 0 Å². The van der Waals surface area contributed by atoms with Crippen molar-refractivity contribution in [3.63, 3.8) is 0 Å². The predicted molar refractivity (Wildman–Crippen MR) is 27.7 cm³/mol. The normalized spacial score (nSPS) is 6.00. The van der Waals surface area contributed by atoms with Crippen LogP contribution in [0.15, 0.2) is 0 Å². The fourth-order valence-electron chi connectivity index (χ4n) is 0. The molecule has 0 bridgehead atoms. The molecule has 0 aromatic heterocycles. The first-order valence-corrected chi connectivity index (χ1v) is 4.10. The predicted octanol–water partition coefficient (Wildman–Crippen LogP) is -1.90. The number of hydrogen-bond acceptors (Lipinski definition) is 2. The molecule has 0 spiro atoms. The van der Waals surface area contributed by atoms with Crippen LogP contribution in [0, 0.1) is 0 Å². The van der Waals surface area contributed by atoms with E-state index in [2.05, 4.69) is 9.27 Å². The topological polar surface area (TPSA) is 90.1 Å². The number of carbonyl (C=O) groups is 1. The van der Waals surface area contributed by atoms with E-state index >= 15 is 0 Å². The van der Waals surface area contributed by atoms with Crippen LogP contribution < -0.4 is 15.4 Å². The van der Waals surface area contributed by atoms with Crippen molar-refractivity contribution in [1.29, 1.82) is 0 Å². The van der Waals surface area contributed by atoms with E-state index in [0.29, 0.717) is 0 Å². The Morgan fingerprint density at radius 1 is 1.83 bits per heavy atom. The molecule has 0 aliphatic rings. The van der Waals surface area contributed by atoms with E-state index in [9.17, 15) is 4.79 Å². The van der Waals surface area contributed by atoms with Gasteiger partial charge in [0, 0.05) is 0 Å². The fourth-order valence-corrected chi connectivity index (χ4v) is 0. The van der Waals surface area contributed by atoms with Crippen LogP contribution in [0.5, 0.6) is 0 Å². The summed E-state index contributed by atoms with van der Waals surface area (Å²) in [6, 6.07) is -0.402. The summed E-state index contributed by atoms with van der Waals surface area (Å²) >= 11 is 0.226. The van der Waals surface area contributed by atoms with Crippen LogP contribution in [0.4, 0.5) is 4.79 Å². The molecule has 0 radical (unpaired) electrons. The Balaban J connectivity index is 0. The van der Waals surface area contributed by atoms with Gasteiger partial charge in [0.2, 0.25) is 0 Å². The number of urea groups is 1. The maximum absolute atomic E-state index is 9.53. The Morgan fingerprint density at radius 3 is 2.00 bits per heavy atom. The molecule has 0 atom stereocenters. The zero-order valence-corrected chi connectivity index (χ0v) is 9.40. The first-order chi connectivity index (χ1) is 2.27. The van der Waals surface area contributed by atoms with Crippen molar-refractivity contribution in [2.24, 2.45) is 5.73 Å². The second-order valence-corrected chi connectivity index (χ2v) is 2.04. The average molecular weight is 198 g/mol. The molecule has 0 aliphatic carbocycles. The van der Waals surface area contributed by atoms with Crippen molar-refractivity contribution in [2.45, 2.75) is 0 Å². The molecule has 0 fully saturated rings. The van der Waals surface area contributed by atoms with Gasteiger partial charge in [-0.3, -0.25) is 0 Å². The van der Waals surface area contributed by atoms with Gasteiger partial charge in [0.25, 0.3) is 0 Å². The van der Waals surface area contributed by atoms with E-state index in [0.717, 1.165) is 0 Å². The molecule has 5 heteroatoms. The molecule has 2 amide bonds. The second-order valence-electron chi connectivity index (χ2n) is 0.614. The third-order valence-electron chi connectivity index (χ3n) is 0.246. The minimum absolute atomic E-state index is 0. The van der Waals surface area contributed by atoms with Gasteiger partial charge in [-0.15, -0.1) is 0 Å². The molecular weight excluding hydrogens is 189 g/mol. The summed E-state index contributed by atoms with van der Waals surface area (Å²) in [5.74, 6) is 0. The Labute approximate surface area is 49.5 Å². The van der Waals surface area contributed by atoms with Crippen molar-refractivity contribution in [1.82, 2.24) is 9.69 Å². The van der Waals surface area contributed by atoms with Crippen LogP contribution in [-0.2, 0) is 0 Å². The van der Waals surface area contributed by atoms with Gasteiger partial charge in [-0.1, -0.05) is 0 Å². The second kappa shape index (κ2) is 5.03. The molecular formula is CH9N3OSn. The summed E-state index contributed by atoms with van der Waals surface area (Å²) in [4.78, 5) is 9.53. The van der Waals surface area contributed by atoms with Crippen LogP contribution in [0.3, 0.4) is 0 Å². The van der Waals surface area contributed by atoms with Crippen molar-refractivity contribution in [2.75, 3.05) is 0 Å². The van der Waals surface area contributed by atoms with E-state index in [1.807, 2.05) is 0 Å². The molecule has 0 aliphatic heterocycles. The first kappa shape index (κ1) is 9.39. The van der Waals surface area contributed by atoms with Gasteiger partial charge in [-0.05, 0) is 0 Å². The van der Waals surface area contributed by atoms with Crippen molar-refractivity contribution in [3.8, 4) is 0 Å². The summed E-state index contributed by atoms with van der Waals surface area (Å²) in [6.07, 6.45) is 0. The molecule has 0 rings (SSSR count). The van der Waals surface area contributed by atoms with Crippen molar-refractivity contribution >= 4 is 28.8 Å². The number of amides is 2. The van der Waals surface area contributed by atoms with Crippen LogP contribution in [-0.4, -0.2) is 28.8 Å². The molecule has 0 unspecified atom stereocenters. The summed E-state index contributed by atoms with van der Waals surface area (Å²) in [5, 5.41) is 0. The summed E-state index contributed by atoms with van der Waals surface area (Å²) < 4.78 is 2.38. The Hall–Kier alpha value is 0.0287. The molecule has 0 aromatic rings. The van der Waals surface area contributed by atoms with Crippen molar-refractivity contribution in [3.05, 3.63) is 0 Å². The summed E-state index contributed by atoms with van der Waals surface area (Å²) in [6.45, 7) is 0. The fraction of sp³-hybridized carbons (Fsp3) is 0. The summed E-state index contributed by atoms with van der Waals surface area (Å²) in [5.41, 5.74) is 4.59. The van der Waals surface area contributed by atoms with Gasteiger partial charge in [-0.25, -0.2) is 0 Å². The SMILES string of the molecule is N.NC(=O)[NH][SnH3]. The third-order valence-corrected chi connectivity index (χ3v) is 1.65. The van der Waals surface area contributed by atoms with Gasteiger partial charge in [0.1, 0.15) is 0 Å². The number of nitrogens with two attached hydrogens (primary N) is 1. The standard InChI is InChI=1S/CH4N2O.H3N.Sn.3H/c2-1(3)4;;;;;/h(H4,2,3,4);1H3;;;;/q;;+1;;;/p-1. The molecule has 0 saturated heterocycles. The molecule has 0 aromatic carbocycles. The van der Waals surface area contributed by atoms with Crippen LogP contribution in [0.2, 0.25) is 0 Å². The first-order valence-electron chi connectivity index (χ1n) is 1.24. The summed E-state index contributed by atoms with van der Waals surface area (Å²) in [7, 11) is 0. The molecule has 0 saturated carbocycles. The van der Waals surface area contributed by atoms with Crippen LogP contribution in [0.1, 0.15) is 0 Å². The molecule has 38 valence electrons. The van der Waals surface area contributed by atoms with Crippen molar-refractivity contribution < 1.29 is 4.79 Å². The number of carbonyl (C=O) groups excluding carboxylic acids is 1. The quantitative estimate of drug-likeness (QED) is 0.396. The Bertz CT molecular complexity index is 46.1. The minimum atomic E-state index is -0.402. The van der Waals surface area contributed by atoms with E-state index in [-0.39, 0.29) is 28.9 Å². The third kappa shape index (κ3) is 8.98. The van der Waals surface area contributed by atoms with Gasteiger partial charge in [0.05, 0.1) is 0 Å². The van der Waals surface area contributed by atoms with E-state index < -0.39 is 6.03 Å². The molecule has 6 heavy (non-hydrogen) atoms. The molecule has 6 N–H and O–H groups in total. The number of nitrogens with one attached hydrogen (secondary N) is 1. The zero-order valence-electron chi connectivity index (χ0n) is 3.69. The number of primary amides is 1. The van der Waals surface area contributed by atoms with Gasteiger partial charge >= 0.3 is 42.9 Å². The Morgan fingerprint density at radius 2 is 2.00 bits per heavy atom. The number of hydrogen-bond donors (Lipinski definition) is 3. The number of rotatable bonds is 0.